The van der Waals surface area contributed by atoms with E-state index in [4.69, 9.17) is 4.74 Å². The van der Waals surface area contributed by atoms with Gasteiger partial charge in [0.2, 0.25) is 0 Å². The van der Waals surface area contributed by atoms with Gasteiger partial charge in [-0.05, 0) is 53.4 Å². The molecule has 0 saturated carbocycles. The van der Waals surface area contributed by atoms with E-state index in [2.05, 4.69) is 10.6 Å². The molecule has 0 bridgehead atoms. The number of carbonyl (C=O) groups excluding carboxylic acids is 1. The van der Waals surface area contributed by atoms with Crippen molar-refractivity contribution in [3.05, 3.63) is 52.2 Å². The normalized spacial score (nSPS) is 13.2. The maximum Gasteiger partial charge on any atom is 0.314 e. The van der Waals surface area contributed by atoms with Crippen molar-refractivity contribution in [1.29, 1.82) is 0 Å². The Bertz CT molecular complexity index is 627. The van der Waals surface area contributed by atoms with Crippen LogP contribution in [0.4, 0.5) is 4.79 Å². The third-order valence-electron chi connectivity index (χ3n) is 3.57. The van der Waals surface area contributed by atoms with Gasteiger partial charge in [-0.25, -0.2) is 4.79 Å². The Morgan fingerprint density at radius 1 is 1.35 bits per heavy atom. The van der Waals surface area contributed by atoms with Crippen LogP contribution in [-0.4, -0.2) is 31.3 Å². The summed E-state index contributed by atoms with van der Waals surface area (Å²) >= 11 is 1.52. The molecule has 1 unspecified atom stereocenters. The Morgan fingerprint density at radius 3 is 2.87 bits per heavy atom. The first-order valence-corrected chi connectivity index (χ1v) is 8.35. The summed E-state index contributed by atoms with van der Waals surface area (Å²) in [6, 6.07) is 9.31. The number of carbonyl (C=O) groups is 1. The average molecular weight is 334 g/mol. The van der Waals surface area contributed by atoms with Gasteiger partial charge in [-0.3, -0.25) is 0 Å². The maximum atomic E-state index is 11.8. The largest absolute Gasteiger partial charge is 0.497 e. The van der Waals surface area contributed by atoms with E-state index in [-0.39, 0.29) is 12.6 Å². The van der Waals surface area contributed by atoms with Crippen LogP contribution in [0.3, 0.4) is 0 Å². The first-order chi connectivity index (χ1) is 11.0. The lowest BCUT2D eigenvalue weighted by molar-refractivity contribution is 0.0598. The summed E-state index contributed by atoms with van der Waals surface area (Å²) in [5.74, 6) is 0.804. The van der Waals surface area contributed by atoms with Gasteiger partial charge in [0.25, 0.3) is 0 Å². The van der Waals surface area contributed by atoms with E-state index < -0.39 is 5.60 Å². The standard InChI is InChI=1S/C17H22N2O3S/c1-17(21,14-7-9-23-11-14)12-19-16(20)18-8-6-13-4-3-5-15(10-13)22-2/h3-5,7,9-11,21H,6,8,12H2,1-2H3,(H2,18,19,20). The zero-order valence-electron chi connectivity index (χ0n) is 13.3. The Balaban J connectivity index is 1.73. The Morgan fingerprint density at radius 2 is 2.17 bits per heavy atom. The van der Waals surface area contributed by atoms with E-state index in [1.807, 2.05) is 41.1 Å². The van der Waals surface area contributed by atoms with Gasteiger partial charge in [0.05, 0.1) is 13.7 Å². The fourth-order valence-electron chi connectivity index (χ4n) is 2.14. The van der Waals surface area contributed by atoms with Crippen LogP contribution in [0.5, 0.6) is 5.75 Å². The lowest BCUT2D eigenvalue weighted by atomic mass is 9.99. The van der Waals surface area contributed by atoms with Gasteiger partial charge >= 0.3 is 6.03 Å². The number of hydrogen-bond acceptors (Lipinski definition) is 4. The molecule has 124 valence electrons. The van der Waals surface area contributed by atoms with Crippen molar-refractivity contribution in [2.45, 2.75) is 18.9 Å². The molecule has 2 aromatic rings. The van der Waals surface area contributed by atoms with Crippen LogP contribution >= 0.6 is 11.3 Å². The molecule has 1 heterocycles. The number of urea groups is 1. The molecule has 0 aliphatic rings. The van der Waals surface area contributed by atoms with Gasteiger partial charge in [-0.2, -0.15) is 11.3 Å². The minimum Gasteiger partial charge on any atom is -0.497 e. The SMILES string of the molecule is COc1cccc(CCNC(=O)NCC(C)(O)c2ccsc2)c1. The number of amides is 2. The number of ether oxygens (including phenoxy) is 1. The highest BCUT2D eigenvalue weighted by molar-refractivity contribution is 7.08. The topological polar surface area (TPSA) is 70.6 Å². The molecule has 23 heavy (non-hydrogen) atoms. The zero-order valence-corrected chi connectivity index (χ0v) is 14.2. The first kappa shape index (κ1) is 17.3. The molecule has 0 radical (unpaired) electrons. The lowest BCUT2D eigenvalue weighted by Gasteiger charge is -2.22. The van der Waals surface area contributed by atoms with Gasteiger partial charge in [-0.15, -0.1) is 0 Å². The Kier molecular flexibility index (Phi) is 6.01. The van der Waals surface area contributed by atoms with Crippen molar-refractivity contribution in [3.63, 3.8) is 0 Å². The molecule has 0 aliphatic heterocycles. The highest BCUT2D eigenvalue weighted by atomic mass is 32.1. The van der Waals surface area contributed by atoms with Crippen molar-refractivity contribution < 1.29 is 14.6 Å². The van der Waals surface area contributed by atoms with Gasteiger partial charge in [0, 0.05) is 6.54 Å². The van der Waals surface area contributed by atoms with Crippen LogP contribution in [0, 0.1) is 0 Å². The molecule has 2 amide bonds. The number of aliphatic hydroxyl groups is 1. The van der Waals surface area contributed by atoms with E-state index in [0.717, 1.165) is 16.9 Å². The summed E-state index contributed by atoms with van der Waals surface area (Å²) in [6.45, 7) is 2.36. The Hall–Kier alpha value is -2.05. The summed E-state index contributed by atoms with van der Waals surface area (Å²) in [7, 11) is 1.63. The molecule has 1 aromatic carbocycles. The van der Waals surface area contributed by atoms with Crippen LogP contribution in [0.1, 0.15) is 18.1 Å². The van der Waals surface area contributed by atoms with Crippen LogP contribution in [0.25, 0.3) is 0 Å². The summed E-state index contributed by atoms with van der Waals surface area (Å²) in [5.41, 5.74) is 0.832. The molecule has 0 spiro atoms. The molecule has 0 saturated heterocycles. The van der Waals surface area contributed by atoms with E-state index in [9.17, 15) is 9.90 Å². The number of methoxy groups -OCH3 is 1. The van der Waals surface area contributed by atoms with Gasteiger partial charge in [0.15, 0.2) is 0 Å². The predicted molar refractivity (Wildman–Crippen MR) is 92.0 cm³/mol. The van der Waals surface area contributed by atoms with Crippen molar-refractivity contribution in [2.75, 3.05) is 20.2 Å². The van der Waals surface area contributed by atoms with E-state index >= 15 is 0 Å². The monoisotopic (exact) mass is 334 g/mol. The molecule has 6 heteroatoms. The van der Waals surface area contributed by atoms with Crippen molar-refractivity contribution in [1.82, 2.24) is 10.6 Å². The fraction of sp³-hybridized carbons (Fsp3) is 0.353. The molecule has 0 aliphatic carbocycles. The second-order valence-corrected chi connectivity index (χ2v) is 6.28. The van der Waals surface area contributed by atoms with E-state index in [1.54, 1.807) is 14.0 Å². The lowest BCUT2D eigenvalue weighted by Crippen LogP contribution is -2.43. The fourth-order valence-corrected chi connectivity index (χ4v) is 2.92. The summed E-state index contributed by atoms with van der Waals surface area (Å²) in [5, 5.41) is 19.6. The van der Waals surface area contributed by atoms with Crippen LogP contribution in [0.15, 0.2) is 41.1 Å². The Labute approximate surface area is 140 Å². The van der Waals surface area contributed by atoms with Crippen LogP contribution in [-0.2, 0) is 12.0 Å². The molecule has 1 aromatic heterocycles. The number of hydrogen-bond donors (Lipinski definition) is 3. The molecule has 1 atom stereocenters. The average Bonchev–Trinajstić information content (AvgIpc) is 3.09. The van der Waals surface area contributed by atoms with E-state index in [1.165, 1.54) is 11.3 Å². The van der Waals surface area contributed by atoms with Gasteiger partial charge in [0.1, 0.15) is 11.4 Å². The molecular formula is C17H22N2O3S. The third-order valence-corrected chi connectivity index (χ3v) is 4.25. The number of thiophene rings is 1. The molecular weight excluding hydrogens is 312 g/mol. The van der Waals surface area contributed by atoms with Crippen molar-refractivity contribution >= 4 is 17.4 Å². The second kappa shape index (κ2) is 7.99. The quantitative estimate of drug-likeness (QED) is 0.728. The maximum absolute atomic E-state index is 11.8. The molecule has 3 N–H and O–H groups in total. The predicted octanol–water partition coefficient (Wildman–Crippen LogP) is 2.51. The summed E-state index contributed by atoms with van der Waals surface area (Å²) < 4.78 is 5.17. The van der Waals surface area contributed by atoms with E-state index in [0.29, 0.717) is 13.0 Å². The van der Waals surface area contributed by atoms with Gasteiger partial charge in [-0.1, -0.05) is 12.1 Å². The highest BCUT2D eigenvalue weighted by Gasteiger charge is 2.23. The highest BCUT2D eigenvalue weighted by Crippen LogP contribution is 2.21. The molecule has 5 nitrogen and oxygen atoms in total. The minimum atomic E-state index is -1.07. The zero-order chi connectivity index (χ0) is 16.7. The first-order valence-electron chi connectivity index (χ1n) is 7.41. The van der Waals surface area contributed by atoms with Crippen molar-refractivity contribution in [3.8, 4) is 5.75 Å². The number of nitrogens with one attached hydrogen (secondary N) is 2. The third kappa shape index (κ3) is 5.26. The summed E-state index contributed by atoms with van der Waals surface area (Å²) in [6.07, 6.45) is 0.714. The van der Waals surface area contributed by atoms with Crippen LogP contribution in [0.2, 0.25) is 0 Å². The molecule has 0 fully saturated rings. The molecule has 2 rings (SSSR count). The smallest absolute Gasteiger partial charge is 0.314 e. The minimum absolute atomic E-state index is 0.161. The summed E-state index contributed by atoms with van der Waals surface area (Å²) in [4.78, 5) is 11.8. The number of benzene rings is 1. The van der Waals surface area contributed by atoms with Crippen molar-refractivity contribution in [2.24, 2.45) is 0 Å². The van der Waals surface area contributed by atoms with Gasteiger partial charge < -0.3 is 20.5 Å². The van der Waals surface area contributed by atoms with Crippen LogP contribution < -0.4 is 15.4 Å². The number of rotatable bonds is 7. The second-order valence-electron chi connectivity index (χ2n) is 5.50.